The van der Waals surface area contributed by atoms with Gasteiger partial charge in [-0.2, -0.15) is 0 Å². The first-order chi connectivity index (χ1) is 9.13. The van der Waals surface area contributed by atoms with Gasteiger partial charge in [0.05, 0.1) is 17.7 Å². The Bertz CT molecular complexity index is 461. The molecule has 1 saturated heterocycles. The summed E-state index contributed by atoms with van der Waals surface area (Å²) in [5.41, 5.74) is 1.55. The number of aliphatic hydroxyl groups is 1. The third kappa shape index (κ3) is 3.28. The molecule has 2 rings (SSSR count). The van der Waals surface area contributed by atoms with E-state index in [2.05, 4.69) is 4.90 Å². The number of hydrogen-bond acceptors (Lipinski definition) is 3. The Balaban J connectivity index is 2.28. The van der Waals surface area contributed by atoms with Crippen molar-refractivity contribution in [3.8, 4) is 0 Å². The highest BCUT2D eigenvalue weighted by atomic mass is 35.5. The standard InChI is InChI=1S/C15H20ClNO2/c1-11(19)14-7-6-12(9-15(14)16)17-8-4-2-3-5-13(17)10-18/h6-7,9,13,18H,2-5,8,10H2,1H3. The van der Waals surface area contributed by atoms with Crippen LogP contribution in [0.1, 0.15) is 43.0 Å². The number of Topliss-reactive ketones (excluding diaryl/α,β-unsaturated/α-hetero) is 1. The van der Waals surface area contributed by atoms with Crippen LogP contribution < -0.4 is 4.90 Å². The van der Waals surface area contributed by atoms with Crippen LogP contribution >= 0.6 is 11.6 Å². The zero-order valence-corrected chi connectivity index (χ0v) is 12.0. The lowest BCUT2D eigenvalue weighted by atomic mass is 10.1. The van der Waals surface area contributed by atoms with Gasteiger partial charge >= 0.3 is 0 Å². The monoisotopic (exact) mass is 281 g/mol. The van der Waals surface area contributed by atoms with Crippen molar-refractivity contribution in [3.05, 3.63) is 28.8 Å². The van der Waals surface area contributed by atoms with Gasteiger partial charge in [0.15, 0.2) is 5.78 Å². The lowest BCUT2D eigenvalue weighted by Crippen LogP contribution is -2.37. The minimum atomic E-state index is -0.0221. The summed E-state index contributed by atoms with van der Waals surface area (Å²) in [4.78, 5) is 13.6. The highest BCUT2D eigenvalue weighted by Crippen LogP contribution is 2.28. The molecule has 1 atom stereocenters. The minimum absolute atomic E-state index is 0.0221. The van der Waals surface area contributed by atoms with Crippen LogP contribution in [-0.4, -0.2) is 30.1 Å². The number of aliphatic hydroxyl groups excluding tert-OH is 1. The van der Waals surface area contributed by atoms with Gasteiger partial charge in [0.25, 0.3) is 0 Å². The van der Waals surface area contributed by atoms with E-state index < -0.39 is 0 Å². The predicted octanol–water partition coefficient (Wildman–Crippen LogP) is 3.28. The zero-order chi connectivity index (χ0) is 13.8. The summed E-state index contributed by atoms with van der Waals surface area (Å²) in [6.07, 6.45) is 4.48. The van der Waals surface area contributed by atoms with Gasteiger partial charge in [-0.15, -0.1) is 0 Å². The minimum Gasteiger partial charge on any atom is -0.394 e. The lowest BCUT2D eigenvalue weighted by molar-refractivity contribution is 0.101. The summed E-state index contributed by atoms with van der Waals surface area (Å²) >= 11 is 6.17. The van der Waals surface area contributed by atoms with Crippen LogP contribution in [0.5, 0.6) is 0 Å². The van der Waals surface area contributed by atoms with Crippen LogP contribution in [0, 0.1) is 0 Å². The topological polar surface area (TPSA) is 40.5 Å². The number of benzene rings is 1. The number of carbonyl (C=O) groups is 1. The molecule has 0 aromatic heterocycles. The molecule has 1 aromatic carbocycles. The molecule has 1 aliphatic heterocycles. The number of hydrogen-bond donors (Lipinski definition) is 1. The van der Waals surface area contributed by atoms with Gasteiger partial charge in [0, 0.05) is 17.8 Å². The molecule has 3 nitrogen and oxygen atoms in total. The van der Waals surface area contributed by atoms with Crippen molar-refractivity contribution in [3.63, 3.8) is 0 Å². The molecule has 0 spiro atoms. The normalized spacial score (nSPS) is 20.2. The molecule has 1 N–H and O–H groups in total. The van der Waals surface area contributed by atoms with Gasteiger partial charge in [-0.1, -0.05) is 24.4 Å². The average Bonchev–Trinajstić information content (AvgIpc) is 2.63. The Kier molecular flexibility index (Phi) is 4.83. The molecule has 0 bridgehead atoms. The van der Waals surface area contributed by atoms with Crippen molar-refractivity contribution in [1.82, 2.24) is 0 Å². The maximum atomic E-state index is 11.4. The molecular weight excluding hydrogens is 262 g/mol. The van der Waals surface area contributed by atoms with Crippen molar-refractivity contribution >= 4 is 23.1 Å². The number of carbonyl (C=O) groups excluding carboxylic acids is 1. The number of rotatable bonds is 3. The Morgan fingerprint density at radius 2 is 2.21 bits per heavy atom. The third-order valence-corrected chi connectivity index (χ3v) is 4.06. The summed E-state index contributed by atoms with van der Waals surface area (Å²) in [5.74, 6) is -0.0221. The molecule has 0 radical (unpaired) electrons. The predicted molar refractivity (Wildman–Crippen MR) is 78.1 cm³/mol. The summed E-state index contributed by atoms with van der Waals surface area (Å²) < 4.78 is 0. The molecule has 0 saturated carbocycles. The molecule has 1 heterocycles. The Hall–Kier alpha value is -1.06. The number of anilines is 1. The summed E-state index contributed by atoms with van der Waals surface area (Å²) in [5, 5.41) is 10.0. The van der Waals surface area contributed by atoms with Gasteiger partial charge in [0.1, 0.15) is 0 Å². The second kappa shape index (κ2) is 6.40. The fourth-order valence-corrected chi connectivity index (χ4v) is 2.98. The quantitative estimate of drug-likeness (QED) is 0.865. The van der Waals surface area contributed by atoms with Crippen molar-refractivity contribution < 1.29 is 9.90 Å². The fourth-order valence-electron chi connectivity index (χ4n) is 2.68. The summed E-state index contributed by atoms with van der Waals surface area (Å²) in [7, 11) is 0. The largest absolute Gasteiger partial charge is 0.394 e. The number of nitrogens with zero attached hydrogens (tertiary/aromatic N) is 1. The first kappa shape index (κ1) is 14.4. The molecule has 1 aliphatic rings. The second-order valence-corrected chi connectivity index (χ2v) is 5.51. The molecule has 1 fully saturated rings. The van der Waals surface area contributed by atoms with E-state index in [9.17, 15) is 9.90 Å². The molecule has 104 valence electrons. The average molecular weight is 282 g/mol. The first-order valence-corrected chi connectivity index (χ1v) is 7.19. The lowest BCUT2D eigenvalue weighted by Gasteiger charge is -2.31. The molecule has 0 amide bonds. The van der Waals surface area contributed by atoms with Crippen molar-refractivity contribution in [2.24, 2.45) is 0 Å². The summed E-state index contributed by atoms with van der Waals surface area (Å²) in [6.45, 7) is 2.61. The Labute approximate surface area is 119 Å². The van der Waals surface area contributed by atoms with E-state index in [1.54, 1.807) is 6.07 Å². The molecular formula is C15H20ClNO2. The molecule has 1 unspecified atom stereocenters. The van der Waals surface area contributed by atoms with Crippen LogP contribution in [0.2, 0.25) is 5.02 Å². The van der Waals surface area contributed by atoms with Gasteiger partial charge in [-0.25, -0.2) is 0 Å². The van der Waals surface area contributed by atoms with Crippen molar-refractivity contribution in [1.29, 1.82) is 0 Å². The third-order valence-electron chi connectivity index (χ3n) is 3.75. The molecule has 19 heavy (non-hydrogen) atoms. The highest BCUT2D eigenvalue weighted by Gasteiger charge is 2.21. The Morgan fingerprint density at radius 3 is 2.84 bits per heavy atom. The first-order valence-electron chi connectivity index (χ1n) is 6.81. The van der Waals surface area contributed by atoms with E-state index in [4.69, 9.17) is 11.6 Å². The van der Waals surface area contributed by atoms with E-state index in [0.29, 0.717) is 10.6 Å². The highest BCUT2D eigenvalue weighted by molar-refractivity contribution is 6.34. The molecule has 0 aliphatic carbocycles. The van der Waals surface area contributed by atoms with Gasteiger partial charge in [-0.05, 0) is 38.0 Å². The fraction of sp³-hybridized carbons (Fsp3) is 0.533. The van der Waals surface area contributed by atoms with E-state index >= 15 is 0 Å². The van der Waals surface area contributed by atoms with E-state index in [1.165, 1.54) is 13.3 Å². The number of halogens is 1. The van der Waals surface area contributed by atoms with Gasteiger partial charge < -0.3 is 10.0 Å². The van der Waals surface area contributed by atoms with Crippen molar-refractivity contribution in [2.45, 2.75) is 38.6 Å². The molecule has 4 heteroatoms. The van der Waals surface area contributed by atoms with Crippen LogP contribution in [0.25, 0.3) is 0 Å². The smallest absolute Gasteiger partial charge is 0.161 e. The zero-order valence-electron chi connectivity index (χ0n) is 11.2. The van der Waals surface area contributed by atoms with Gasteiger partial charge in [-0.3, -0.25) is 4.79 Å². The van der Waals surface area contributed by atoms with Crippen LogP contribution in [-0.2, 0) is 0 Å². The number of ketones is 1. The maximum absolute atomic E-state index is 11.4. The maximum Gasteiger partial charge on any atom is 0.161 e. The summed E-state index contributed by atoms with van der Waals surface area (Å²) in [6, 6.07) is 5.70. The Morgan fingerprint density at radius 1 is 1.42 bits per heavy atom. The molecule has 1 aromatic rings. The second-order valence-electron chi connectivity index (χ2n) is 5.10. The van der Waals surface area contributed by atoms with Gasteiger partial charge in [0.2, 0.25) is 0 Å². The SMILES string of the molecule is CC(=O)c1ccc(N2CCCCCC2CO)cc1Cl. The van der Waals surface area contributed by atoms with Crippen LogP contribution in [0.15, 0.2) is 18.2 Å². The van der Waals surface area contributed by atoms with Crippen molar-refractivity contribution in [2.75, 3.05) is 18.1 Å². The van der Waals surface area contributed by atoms with Crippen LogP contribution in [0.3, 0.4) is 0 Å². The van der Waals surface area contributed by atoms with E-state index in [-0.39, 0.29) is 18.4 Å². The van der Waals surface area contributed by atoms with Crippen LogP contribution in [0.4, 0.5) is 5.69 Å². The van der Waals surface area contributed by atoms with E-state index in [1.807, 2.05) is 12.1 Å². The van der Waals surface area contributed by atoms with E-state index in [0.717, 1.165) is 31.5 Å².